The van der Waals surface area contributed by atoms with E-state index in [-0.39, 0.29) is 36.4 Å². The van der Waals surface area contributed by atoms with Crippen molar-refractivity contribution in [3.8, 4) is 0 Å². The summed E-state index contributed by atoms with van der Waals surface area (Å²) in [5, 5.41) is 1.91. The summed E-state index contributed by atoms with van der Waals surface area (Å²) < 4.78 is 5.82. The van der Waals surface area contributed by atoms with E-state index in [9.17, 15) is 9.59 Å². The molecule has 3 heterocycles. The molecule has 0 aromatic carbocycles. The lowest BCUT2D eigenvalue weighted by molar-refractivity contribution is -0.139. The highest BCUT2D eigenvalue weighted by Gasteiger charge is 2.36. The molecule has 152 valence electrons. The molecular weight excluding hydrogens is 386 g/mol. The number of rotatable bonds is 6. The number of carbonyl (C=O) groups is 2. The fraction of sp³-hybridized carbons (Fsp3) is 0.684. The van der Waals surface area contributed by atoms with Crippen molar-refractivity contribution in [1.82, 2.24) is 9.80 Å². The van der Waals surface area contributed by atoms with Gasteiger partial charge in [-0.15, -0.1) is 23.7 Å². The maximum Gasteiger partial charge on any atom is 0.264 e. The number of amides is 2. The van der Waals surface area contributed by atoms with Crippen molar-refractivity contribution in [1.29, 1.82) is 0 Å². The number of ether oxygens (including phenoxy) is 1. The lowest BCUT2D eigenvalue weighted by atomic mass is 9.99. The predicted octanol–water partition coefficient (Wildman–Crippen LogP) is 2.52. The second-order valence-electron chi connectivity index (χ2n) is 7.03. The Bertz CT molecular complexity index is 591. The summed E-state index contributed by atoms with van der Waals surface area (Å²) in [5.41, 5.74) is 5.50. The van der Waals surface area contributed by atoms with Crippen molar-refractivity contribution in [3.63, 3.8) is 0 Å². The summed E-state index contributed by atoms with van der Waals surface area (Å²) in [7, 11) is 0. The minimum Gasteiger partial charge on any atom is -0.378 e. The Hall–Kier alpha value is -1.15. The van der Waals surface area contributed by atoms with Crippen molar-refractivity contribution in [3.05, 3.63) is 22.4 Å². The number of hydrogen-bond acceptors (Lipinski definition) is 5. The van der Waals surface area contributed by atoms with Crippen molar-refractivity contribution in [2.75, 3.05) is 32.8 Å². The van der Waals surface area contributed by atoms with Crippen LogP contribution in [-0.2, 0) is 9.53 Å². The molecule has 0 bridgehead atoms. The molecule has 1 atom stereocenters. The van der Waals surface area contributed by atoms with Crippen molar-refractivity contribution in [2.45, 2.75) is 50.7 Å². The Morgan fingerprint density at radius 3 is 2.63 bits per heavy atom. The van der Waals surface area contributed by atoms with Crippen LogP contribution in [0.5, 0.6) is 0 Å². The molecule has 2 aliphatic heterocycles. The molecule has 27 heavy (non-hydrogen) atoms. The van der Waals surface area contributed by atoms with Gasteiger partial charge in [0.25, 0.3) is 5.91 Å². The van der Waals surface area contributed by atoms with Crippen LogP contribution in [0.2, 0.25) is 0 Å². The van der Waals surface area contributed by atoms with Gasteiger partial charge in [0.05, 0.1) is 11.0 Å². The molecule has 2 aliphatic rings. The van der Waals surface area contributed by atoms with E-state index < -0.39 is 0 Å². The van der Waals surface area contributed by atoms with Gasteiger partial charge in [0.15, 0.2) is 0 Å². The third-order valence-corrected chi connectivity index (χ3v) is 6.09. The average molecular weight is 416 g/mol. The van der Waals surface area contributed by atoms with Crippen molar-refractivity contribution >= 4 is 35.6 Å². The van der Waals surface area contributed by atoms with Gasteiger partial charge in [-0.25, -0.2) is 0 Å². The SMILES string of the molecule is Cl.NCCCOC1CCN(C(=O)C2CCCCN2C(=O)c2cccs2)CC1. The molecule has 0 saturated carbocycles. The van der Waals surface area contributed by atoms with E-state index in [4.69, 9.17) is 10.5 Å². The lowest BCUT2D eigenvalue weighted by Crippen LogP contribution is -2.54. The van der Waals surface area contributed by atoms with Gasteiger partial charge in [-0.05, 0) is 56.5 Å². The van der Waals surface area contributed by atoms with Gasteiger partial charge in [-0.1, -0.05) is 6.07 Å². The van der Waals surface area contributed by atoms with Crippen LogP contribution in [0.15, 0.2) is 17.5 Å². The first-order chi connectivity index (χ1) is 12.7. The molecule has 0 spiro atoms. The molecule has 2 fully saturated rings. The highest BCUT2D eigenvalue weighted by Crippen LogP contribution is 2.25. The van der Waals surface area contributed by atoms with Crippen LogP contribution in [0.25, 0.3) is 0 Å². The number of piperidine rings is 2. The number of thiophene rings is 1. The number of halogens is 1. The molecule has 0 aliphatic carbocycles. The molecule has 3 rings (SSSR count). The van der Waals surface area contributed by atoms with Crippen LogP contribution in [0.4, 0.5) is 0 Å². The maximum atomic E-state index is 13.1. The molecule has 1 unspecified atom stereocenters. The zero-order chi connectivity index (χ0) is 18.4. The van der Waals surface area contributed by atoms with Gasteiger partial charge in [0, 0.05) is 26.2 Å². The van der Waals surface area contributed by atoms with Crippen LogP contribution in [0.3, 0.4) is 0 Å². The van der Waals surface area contributed by atoms with E-state index in [2.05, 4.69) is 0 Å². The Kier molecular flexibility index (Phi) is 9.02. The monoisotopic (exact) mass is 415 g/mol. The highest BCUT2D eigenvalue weighted by molar-refractivity contribution is 7.12. The first-order valence-electron chi connectivity index (χ1n) is 9.65. The third kappa shape index (κ3) is 5.67. The van der Waals surface area contributed by atoms with E-state index in [0.717, 1.165) is 43.4 Å². The van der Waals surface area contributed by atoms with Gasteiger partial charge in [0.2, 0.25) is 5.91 Å². The van der Waals surface area contributed by atoms with E-state index in [1.54, 1.807) is 4.90 Å². The molecule has 1 aromatic rings. The second-order valence-corrected chi connectivity index (χ2v) is 7.97. The normalized spacial score (nSPS) is 21.0. The molecule has 1 aromatic heterocycles. The van der Waals surface area contributed by atoms with Crippen LogP contribution >= 0.6 is 23.7 Å². The molecular formula is C19H30ClN3O3S. The standard InChI is InChI=1S/C19H29N3O3S.ClH/c20-9-4-13-25-15-7-11-21(12-8-15)18(23)16-5-1-2-10-22(16)19(24)17-6-3-14-26-17;/h3,6,14-16H,1-2,4-5,7-13,20H2;1H. The molecule has 8 heteroatoms. The van der Waals surface area contributed by atoms with E-state index in [0.29, 0.717) is 32.8 Å². The average Bonchev–Trinajstić information content (AvgIpc) is 3.22. The minimum absolute atomic E-state index is 0. The first-order valence-corrected chi connectivity index (χ1v) is 10.5. The van der Waals surface area contributed by atoms with Crippen LogP contribution in [0.1, 0.15) is 48.2 Å². The zero-order valence-corrected chi connectivity index (χ0v) is 17.3. The highest BCUT2D eigenvalue weighted by atomic mass is 35.5. The Morgan fingerprint density at radius 2 is 1.96 bits per heavy atom. The number of likely N-dealkylation sites (tertiary alicyclic amines) is 2. The number of carbonyl (C=O) groups excluding carboxylic acids is 2. The topological polar surface area (TPSA) is 75.9 Å². The van der Waals surface area contributed by atoms with Crippen molar-refractivity contribution in [2.24, 2.45) is 5.73 Å². The van der Waals surface area contributed by atoms with Gasteiger partial charge < -0.3 is 20.3 Å². The second kappa shape index (κ2) is 11.0. The van der Waals surface area contributed by atoms with Gasteiger partial charge in [-0.3, -0.25) is 9.59 Å². The van der Waals surface area contributed by atoms with Gasteiger partial charge in [-0.2, -0.15) is 0 Å². The summed E-state index contributed by atoms with van der Waals surface area (Å²) >= 11 is 1.44. The molecule has 2 N–H and O–H groups in total. The van der Waals surface area contributed by atoms with Crippen LogP contribution in [0, 0.1) is 0 Å². The summed E-state index contributed by atoms with van der Waals surface area (Å²) in [6.07, 6.45) is 5.57. The first kappa shape index (κ1) is 22.1. The Balaban J connectivity index is 0.00000261. The van der Waals surface area contributed by atoms with Crippen LogP contribution in [-0.4, -0.2) is 66.5 Å². The van der Waals surface area contributed by atoms with E-state index >= 15 is 0 Å². The molecule has 2 amide bonds. The number of hydrogen-bond donors (Lipinski definition) is 1. The predicted molar refractivity (Wildman–Crippen MR) is 109 cm³/mol. The van der Waals surface area contributed by atoms with Gasteiger partial charge in [0.1, 0.15) is 6.04 Å². The summed E-state index contributed by atoms with van der Waals surface area (Å²) in [6, 6.07) is 3.41. The Labute approximate surface area is 171 Å². The van der Waals surface area contributed by atoms with Crippen molar-refractivity contribution < 1.29 is 14.3 Å². The minimum atomic E-state index is -0.312. The van der Waals surface area contributed by atoms with E-state index in [1.807, 2.05) is 22.4 Å². The smallest absolute Gasteiger partial charge is 0.264 e. The number of nitrogens with two attached hydrogens (primary N) is 1. The third-order valence-electron chi connectivity index (χ3n) is 5.24. The molecule has 2 saturated heterocycles. The summed E-state index contributed by atoms with van der Waals surface area (Å²) in [4.78, 5) is 30.3. The fourth-order valence-electron chi connectivity index (χ4n) is 3.76. The van der Waals surface area contributed by atoms with E-state index in [1.165, 1.54) is 11.3 Å². The molecule has 0 radical (unpaired) electrons. The summed E-state index contributed by atoms with van der Waals surface area (Å²) in [5.74, 6) is 0.105. The molecule has 6 nitrogen and oxygen atoms in total. The Morgan fingerprint density at radius 1 is 1.19 bits per heavy atom. The largest absolute Gasteiger partial charge is 0.378 e. The number of nitrogens with zero attached hydrogens (tertiary/aromatic N) is 2. The maximum absolute atomic E-state index is 13.1. The van der Waals surface area contributed by atoms with Gasteiger partial charge >= 0.3 is 0 Å². The lowest BCUT2D eigenvalue weighted by Gasteiger charge is -2.39. The zero-order valence-electron chi connectivity index (χ0n) is 15.7. The van der Waals surface area contributed by atoms with Crippen LogP contribution < -0.4 is 5.73 Å². The quantitative estimate of drug-likeness (QED) is 0.724. The summed E-state index contributed by atoms with van der Waals surface area (Å²) in [6.45, 7) is 3.44. The fourth-order valence-corrected chi connectivity index (χ4v) is 4.44.